The van der Waals surface area contributed by atoms with Gasteiger partial charge in [-0.3, -0.25) is 4.79 Å². The summed E-state index contributed by atoms with van der Waals surface area (Å²) in [5.74, 6) is -0.0611. The third-order valence-corrected chi connectivity index (χ3v) is 6.27. The van der Waals surface area contributed by atoms with Gasteiger partial charge in [-0.25, -0.2) is 13.4 Å². The van der Waals surface area contributed by atoms with Gasteiger partial charge >= 0.3 is 0 Å². The Bertz CT molecular complexity index is 862. The summed E-state index contributed by atoms with van der Waals surface area (Å²) in [4.78, 5) is 18.1. The van der Waals surface area contributed by atoms with Crippen molar-refractivity contribution in [2.45, 2.75) is 10.1 Å². The molecule has 6 nitrogen and oxygen atoms in total. The molecule has 24 heavy (non-hydrogen) atoms. The first-order valence-corrected chi connectivity index (χ1v) is 9.13. The van der Waals surface area contributed by atoms with E-state index in [2.05, 4.69) is 4.98 Å². The van der Waals surface area contributed by atoms with Gasteiger partial charge in [0.15, 0.2) is 9.84 Å². The summed E-state index contributed by atoms with van der Waals surface area (Å²) in [5, 5.41) is -0.145. The van der Waals surface area contributed by atoms with Gasteiger partial charge in [0.05, 0.1) is 12.0 Å². The topological polar surface area (TPSA) is 76.6 Å². The van der Waals surface area contributed by atoms with Crippen LogP contribution in [0.5, 0.6) is 5.88 Å². The molecule has 3 rings (SSSR count). The molecule has 2 heterocycles. The van der Waals surface area contributed by atoms with Gasteiger partial charge in [0.1, 0.15) is 10.8 Å². The lowest BCUT2D eigenvalue weighted by Crippen LogP contribution is -2.56. The first kappa shape index (κ1) is 16.7. The molecule has 0 unspecified atom stereocenters. The highest BCUT2D eigenvalue weighted by Crippen LogP contribution is 2.27. The lowest BCUT2D eigenvalue weighted by atomic mass is 10.1. The van der Waals surface area contributed by atoms with Gasteiger partial charge in [-0.05, 0) is 36.4 Å². The van der Waals surface area contributed by atoms with Crippen LogP contribution in [0.4, 0.5) is 0 Å². The van der Waals surface area contributed by atoms with E-state index in [1.54, 1.807) is 12.1 Å². The Morgan fingerprint density at radius 2 is 1.92 bits per heavy atom. The van der Waals surface area contributed by atoms with E-state index < -0.39 is 15.1 Å². The van der Waals surface area contributed by atoms with Gasteiger partial charge < -0.3 is 9.64 Å². The average Bonchev–Trinajstić information content (AvgIpc) is 2.53. The fourth-order valence-electron chi connectivity index (χ4n) is 2.50. The number of hydrogen-bond donors (Lipinski definition) is 0. The number of amides is 1. The normalized spacial score (nSPS) is 15.0. The van der Waals surface area contributed by atoms with E-state index in [9.17, 15) is 13.2 Å². The third-order valence-electron chi connectivity index (χ3n) is 3.91. The molecule has 126 valence electrons. The van der Waals surface area contributed by atoms with Crippen molar-refractivity contribution in [3.8, 4) is 5.88 Å². The second-order valence-electron chi connectivity index (χ2n) is 5.39. The monoisotopic (exact) mass is 366 g/mol. The molecule has 1 amide bonds. The lowest BCUT2D eigenvalue weighted by Gasteiger charge is -2.38. The van der Waals surface area contributed by atoms with Crippen LogP contribution in [0.25, 0.3) is 0 Å². The number of benzene rings is 1. The summed E-state index contributed by atoms with van der Waals surface area (Å²) in [7, 11) is -2.05. The Hall–Kier alpha value is -2.12. The molecular formula is C16H15ClN2O4S. The summed E-state index contributed by atoms with van der Waals surface area (Å²) < 4.78 is 30.1. The molecule has 8 heteroatoms. The molecular weight excluding hydrogens is 352 g/mol. The number of nitrogens with zero attached hydrogens (tertiary/aromatic N) is 2. The van der Waals surface area contributed by atoms with Crippen molar-refractivity contribution < 1.29 is 17.9 Å². The van der Waals surface area contributed by atoms with Crippen LogP contribution in [-0.2, 0) is 9.84 Å². The number of aromatic nitrogens is 1. The SMILES string of the molecule is COc1ncccc1C(=O)N1CC(S(=O)(=O)c2ccc(Cl)cc2)C1. The highest BCUT2D eigenvalue weighted by atomic mass is 35.5. The summed E-state index contributed by atoms with van der Waals surface area (Å²) in [6.07, 6.45) is 1.53. The molecule has 0 N–H and O–H groups in total. The second-order valence-corrected chi connectivity index (χ2v) is 8.06. The number of halogens is 1. The number of rotatable bonds is 4. The van der Waals surface area contributed by atoms with E-state index in [-0.39, 0.29) is 29.8 Å². The highest BCUT2D eigenvalue weighted by Gasteiger charge is 2.41. The van der Waals surface area contributed by atoms with Crippen molar-refractivity contribution in [1.82, 2.24) is 9.88 Å². The number of pyridine rings is 1. The molecule has 1 saturated heterocycles. The summed E-state index contributed by atoms with van der Waals surface area (Å²) in [6, 6.07) is 9.28. The van der Waals surface area contributed by atoms with Crippen molar-refractivity contribution >= 4 is 27.3 Å². The van der Waals surface area contributed by atoms with Gasteiger partial charge in [-0.2, -0.15) is 0 Å². The van der Waals surface area contributed by atoms with Crippen LogP contribution in [0.2, 0.25) is 5.02 Å². The average molecular weight is 367 g/mol. The van der Waals surface area contributed by atoms with Gasteiger partial charge in [0.2, 0.25) is 5.88 Å². The molecule has 1 aliphatic heterocycles. The molecule has 1 aromatic carbocycles. The van der Waals surface area contributed by atoms with E-state index >= 15 is 0 Å². The standard InChI is InChI=1S/C16H15ClN2O4S/c1-23-15-14(3-2-8-18-15)16(20)19-9-13(10-19)24(21,22)12-6-4-11(17)5-7-12/h2-8,13H,9-10H2,1H3. The molecule has 1 aromatic heterocycles. The van der Waals surface area contributed by atoms with E-state index in [1.165, 1.54) is 42.5 Å². The minimum Gasteiger partial charge on any atom is -0.480 e. The predicted molar refractivity (Wildman–Crippen MR) is 89.1 cm³/mol. The van der Waals surface area contributed by atoms with E-state index in [4.69, 9.17) is 16.3 Å². The van der Waals surface area contributed by atoms with Crippen LogP contribution < -0.4 is 4.74 Å². The maximum Gasteiger partial charge on any atom is 0.259 e. The number of sulfone groups is 1. The minimum absolute atomic E-state index is 0.141. The zero-order valence-corrected chi connectivity index (χ0v) is 14.4. The van der Waals surface area contributed by atoms with Crippen molar-refractivity contribution in [3.05, 3.63) is 53.2 Å². The second kappa shape index (κ2) is 6.41. The lowest BCUT2D eigenvalue weighted by molar-refractivity contribution is 0.0654. The van der Waals surface area contributed by atoms with Crippen LogP contribution in [0.15, 0.2) is 47.5 Å². The number of likely N-dealkylation sites (tertiary alicyclic amines) is 1. The van der Waals surface area contributed by atoms with Crippen LogP contribution >= 0.6 is 11.6 Å². The van der Waals surface area contributed by atoms with Gasteiger partial charge in [-0.15, -0.1) is 0 Å². The zero-order valence-electron chi connectivity index (χ0n) is 12.8. The number of methoxy groups -OCH3 is 1. The number of carbonyl (C=O) groups is 1. The summed E-state index contributed by atoms with van der Waals surface area (Å²) in [6.45, 7) is 0.281. The Morgan fingerprint density at radius 1 is 1.25 bits per heavy atom. The highest BCUT2D eigenvalue weighted by molar-refractivity contribution is 7.92. The Morgan fingerprint density at radius 3 is 2.54 bits per heavy atom. The molecule has 0 atom stereocenters. The number of carbonyl (C=O) groups excluding carboxylic acids is 1. The van der Waals surface area contributed by atoms with Crippen molar-refractivity contribution in [1.29, 1.82) is 0 Å². The van der Waals surface area contributed by atoms with Crippen LogP contribution in [0.3, 0.4) is 0 Å². The first-order valence-electron chi connectivity index (χ1n) is 7.21. The van der Waals surface area contributed by atoms with Crippen molar-refractivity contribution in [2.24, 2.45) is 0 Å². The quantitative estimate of drug-likeness (QED) is 0.827. The van der Waals surface area contributed by atoms with Crippen molar-refractivity contribution in [2.75, 3.05) is 20.2 Å². The first-order chi connectivity index (χ1) is 11.4. The van der Waals surface area contributed by atoms with E-state index in [0.717, 1.165) is 0 Å². The number of ether oxygens (including phenoxy) is 1. The van der Waals surface area contributed by atoms with E-state index in [0.29, 0.717) is 10.6 Å². The molecule has 0 spiro atoms. The van der Waals surface area contributed by atoms with E-state index in [1.807, 2.05) is 0 Å². The van der Waals surface area contributed by atoms with Crippen molar-refractivity contribution in [3.63, 3.8) is 0 Å². The van der Waals surface area contributed by atoms with Crippen LogP contribution in [-0.4, -0.2) is 49.7 Å². The molecule has 2 aromatic rings. The zero-order chi connectivity index (χ0) is 17.3. The fraction of sp³-hybridized carbons (Fsp3) is 0.250. The third kappa shape index (κ3) is 2.97. The van der Waals surface area contributed by atoms with Gasteiger partial charge in [0, 0.05) is 24.3 Å². The summed E-state index contributed by atoms with van der Waals surface area (Å²) >= 11 is 5.78. The maximum atomic E-state index is 12.5. The largest absolute Gasteiger partial charge is 0.480 e. The Labute approximate surface area is 144 Å². The van der Waals surface area contributed by atoms with Gasteiger partial charge in [0.25, 0.3) is 5.91 Å². The Balaban J connectivity index is 1.73. The van der Waals surface area contributed by atoms with Gasteiger partial charge in [-0.1, -0.05) is 11.6 Å². The molecule has 1 aliphatic rings. The molecule has 0 radical (unpaired) electrons. The fourth-order valence-corrected chi connectivity index (χ4v) is 4.28. The molecule has 1 fully saturated rings. The minimum atomic E-state index is -3.48. The smallest absolute Gasteiger partial charge is 0.259 e. The summed E-state index contributed by atoms with van der Waals surface area (Å²) in [5.41, 5.74) is 0.322. The molecule has 0 aliphatic carbocycles. The van der Waals surface area contributed by atoms with Crippen LogP contribution in [0, 0.1) is 0 Å². The predicted octanol–water partition coefficient (Wildman–Crippen LogP) is 2.04. The molecule has 0 saturated carbocycles. The maximum absolute atomic E-state index is 12.5. The Kier molecular flexibility index (Phi) is 4.47. The van der Waals surface area contributed by atoms with Crippen LogP contribution in [0.1, 0.15) is 10.4 Å². The molecule has 0 bridgehead atoms. The number of hydrogen-bond acceptors (Lipinski definition) is 5.